The maximum absolute atomic E-state index is 10.3. The lowest BCUT2D eigenvalue weighted by Gasteiger charge is -2.12. The van der Waals surface area contributed by atoms with Crippen LogP contribution in [0.5, 0.6) is 0 Å². The lowest BCUT2D eigenvalue weighted by Crippen LogP contribution is -2.11. The Morgan fingerprint density at radius 1 is 1.31 bits per heavy atom. The zero-order chi connectivity index (χ0) is 11.6. The normalized spacial score (nSPS) is 16.9. The third-order valence-corrected chi connectivity index (χ3v) is 2.97. The zero-order valence-corrected chi connectivity index (χ0v) is 9.73. The minimum atomic E-state index is -0.238. The summed E-state index contributed by atoms with van der Waals surface area (Å²) in [5.74, 6) is 0. The average Bonchev–Trinajstić information content (AvgIpc) is 2.99. The summed E-state index contributed by atoms with van der Waals surface area (Å²) in [6, 6.07) is 8.37. The maximum atomic E-state index is 10.3. The summed E-state index contributed by atoms with van der Waals surface area (Å²) in [7, 11) is 4.10. The summed E-state index contributed by atoms with van der Waals surface area (Å²) < 4.78 is 0. The number of nitrogens with zero attached hydrogens (tertiary/aromatic N) is 2. The molecule has 0 spiro atoms. The second-order valence-electron chi connectivity index (χ2n) is 4.67. The number of carbonyl (C=O) groups excluding carboxylic acids is 1. The molecule has 0 aliphatic heterocycles. The Kier molecular flexibility index (Phi) is 2.90. The Hall–Kier alpha value is -1.44. The van der Waals surface area contributed by atoms with Gasteiger partial charge in [0.15, 0.2) is 0 Å². The van der Waals surface area contributed by atoms with Gasteiger partial charge < -0.3 is 4.90 Å². The van der Waals surface area contributed by atoms with E-state index in [0.717, 1.165) is 24.9 Å². The predicted molar refractivity (Wildman–Crippen MR) is 62.9 cm³/mol. The molecule has 1 aliphatic rings. The van der Waals surface area contributed by atoms with E-state index < -0.39 is 0 Å². The Morgan fingerprint density at radius 2 is 1.94 bits per heavy atom. The van der Waals surface area contributed by atoms with Crippen LogP contribution in [0.15, 0.2) is 29.3 Å². The smallest absolute Gasteiger partial charge is 0.235 e. The second kappa shape index (κ2) is 4.20. The molecule has 84 valence electrons. The van der Waals surface area contributed by atoms with Gasteiger partial charge >= 0.3 is 0 Å². The van der Waals surface area contributed by atoms with Crippen molar-refractivity contribution in [2.24, 2.45) is 4.99 Å². The summed E-state index contributed by atoms with van der Waals surface area (Å²) >= 11 is 0. The van der Waals surface area contributed by atoms with Crippen LogP contribution in [0.4, 0.5) is 0 Å². The monoisotopic (exact) mass is 216 g/mol. The Bertz CT molecular complexity index is 412. The van der Waals surface area contributed by atoms with E-state index >= 15 is 0 Å². The quantitative estimate of drug-likeness (QED) is 0.570. The first-order valence-corrected chi connectivity index (χ1v) is 5.49. The first kappa shape index (κ1) is 11.1. The standard InChI is InChI=1S/C13H16N2O/c1-15(2)9-11-3-5-12(6-4-11)13(7-8-13)14-10-16/h3-6H,7-9H2,1-2H3. The van der Waals surface area contributed by atoms with Crippen LogP contribution in [0.1, 0.15) is 24.0 Å². The van der Waals surface area contributed by atoms with Crippen LogP contribution in [-0.4, -0.2) is 25.1 Å². The van der Waals surface area contributed by atoms with E-state index in [2.05, 4.69) is 34.2 Å². The molecular formula is C13H16N2O. The van der Waals surface area contributed by atoms with Crippen LogP contribution in [0, 0.1) is 0 Å². The molecule has 0 unspecified atom stereocenters. The van der Waals surface area contributed by atoms with E-state index in [1.54, 1.807) is 6.08 Å². The highest BCUT2D eigenvalue weighted by molar-refractivity contribution is 5.41. The molecule has 1 fully saturated rings. The number of benzene rings is 1. The zero-order valence-electron chi connectivity index (χ0n) is 9.73. The fraction of sp³-hybridized carbons (Fsp3) is 0.462. The van der Waals surface area contributed by atoms with E-state index in [9.17, 15) is 4.79 Å². The lowest BCUT2D eigenvalue weighted by atomic mass is 10.0. The van der Waals surface area contributed by atoms with Crippen LogP contribution in [-0.2, 0) is 16.9 Å². The number of hydrogen-bond acceptors (Lipinski definition) is 3. The van der Waals surface area contributed by atoms with Gasteiger partial charge in [0, 0.05) is 6.54 Å². The minimum Gasteiger partial charge on any atom is -0.305 e. The van der Waals surface area contributed by atoms with E-state index in [-0.39, 0.29) is 5.54 Å². The third-order valence-electron chi connectivity index (χ3n) is 2.97. The van der Waals surface area contributed by atoms with Crippen LogP contribution >= 0.6 is 0 Å². The maximum Gasteiger partial charge on any atom is 0.235 e. The van der Waals surface area contributed by atoms with Gasteiger partial charge in [0.1, 0.15) is 0 Å². The van der Waals surface area contributed by atoms with Crippen LogP contribution in [0.2, 0.25) is 0 Å². The number of aliphatic imine (C=N–C) groups is 1. The van der Waals surface area contributed by atoms with E-state index in [4.69, 9.17) is 0 Å². The lowest BCUT2D eigenvalue weighted by molar-refractivity contribution is 0.402. The fourth-order valence-electron chi connectivity index (χ4n) is 1.96. The van der Waals surface area contributed by atoms with E-state index in [1.165, 1.54) is 5.56 Å². The number of rotatable bonds is 4. The first-order valence-electron chi connectivity index (χ1n) is 5.49. The van der Waals surface area contributed by atoms with Gasteiger partial charge in [-0.05, 0) is 38.1 Å². The molecule has 1 aromatic rings. The van der Waals surface area contributed by atoms with Crippen molar-refractivity contribution in [3.63, 3.8) is 0 Å². The van der Waals surface area contributed by atoms with E-state index in [1.807, 2.05) is 14.1 Å². The Labute approximate surface area is 95.8 Å². The van der Waals surface area contributed by atoms with Crippen molar-refractivity contribution in [2.45, 2.75) is 24.9 Å². The molecular weight excluding hydrogens is 200 g/mol. The topological polar surface area (TPSA) is 32.7 Å². The van der Waals surface area contributed by atoms with Crippen molar-refractivity contribution in [1.82, 2.24) is 4.90 Å². The van der Waals surface area contributed by atoms with Gasteiger partial charge in [-0.15, -0.1) is 0 Å². The highest BCUT2D eigenvalue weighted by Gasteiger charge is 2.44. The molecule has 1 saturated carbocycles. The number of hydrogen-bond donors (Lipinski definition) is 0. The van der Waals surface area contributed by atoms with Crippen LogP contribution in [0.3, 0.4) is 0 Å². The van der Waals surface area contributed by atoms with Crippen molar-refractivity contribution in [1.29, 1.82) is 0 Å². The molecule has 0 bridgehead atoms. The van der Waals surface area contributed by atoms with Crippen LogP contribution in [0.25, 0.3) is 0 Å². The summed E-state index contributed by atoms with van der Waals surface area (Å²) in [5, 5.41) is 0. The summed E-state index contributed by atoms with van der Waals surface area (Å²) in [5.41, 5.74) is 2.18. The van der Waals surface area contributed by atoms with Gasteiger partial charge in [0.05, 0.1) is 5.54 Å². The average molecular weight is 216 g/mol. The summed E-state index contributed by atoms with van der Waals surface area (Å²) in [6.07, 6.45) is 3.62. The van der Waals surface area contributed by atoms with Crippen molar-refractivity contribution >= 4 is 6.08 Å². The van der Waals surface area contributed by atoms with Gasteiger partial charge in [-0.1, -0.05) is 24.3 Å². The van der Waals surface area contributed by atoms with Gasteiger partial charge in [-0.2, -0.15) is 4.99 Å². The van der Waals surface area contributed by atoms with Crippen molar-refractivity contribution in [3.8, 4) is 0 Å². The molecule has 2 rings (SSSR count). The second-order valence-corrected chi connectivity index (χ2v) is 4.67. The molecule has 1 aliphatic carbocycles. The highest BCUT2D eigenvalue weighted by atomic mass is 16.1. The largest absolute Gasteiger partial charge is 0.305 e. The SMILES string of the molecule is CN(C)Cc1ccc(C2(N=C=O)CC2)cc1. The molecule has 1 aromatic carbocycles. The van der Waals surface area contributed by atoms with Crippen molar-refractivity contribution in [3.05, 3.63) is 35.4 Å². The van der Waals surface area contributed by atoms with Crippen molar-refractivity contribution in [2.75, 3.05) is 14.1 Å². The highest BCUT2D eigenvalue weighted by Crippen LogP contribution is 2.49. The first-order chi connectivity index (χ1) is 7.66. The van der Waals surface area contributed by atoms with Gasteiger partial charge in [0.25, 0.3) is 0 Å². The van der Waals surface area contributed by atoms with Gasteiger partial charge in [0.2, 0.25) is 6.08 Å². The molecule has 0 heterocycles. The van der Waals surface area contributed by atoms with E-state index in [0.29, 0.717) is 0 Å². The van der Waals surface area contributed by atoms with Gasteiger partial charge in [-0.3, -0.25) is 0 Å². The van der Waals surface area contributed by atoms with Crippen molar-refractivity contribution < 1.29 is 4.79 Å². The Morgan fingerprint density at radius 3 is 2.38 bits per heavy atom. The fourth-order valence-corrected chi connectivity index (χ4v) is 1.96. The molecule has 0 amide bonds. The summed E-state index contributed by atoms with van der Waals surface area (Å²) in [6.45, 7) is 0.935. The minimum absolute atomic E-state index is 0.238. The van der Waals surface area contributed by atoms with Crippen LogP contribution < -0.4 is 0 Å². The molecule has 0 saturated heterocycles. The molecule has 3 heteroatoms. The third kappa shape index (κ3) is 2.21. The molecule has 3 nitrogen and oxygen atoms in total. The molecule has 16 heavy (non-hydrogen) atoms. The summed E-state index contributed by atoms with van der Waals surface area (Å²) in [4.78, 5) is 16.4. The molecule has 0 atom stereocenters. The number of isocyanates is 1. The molecule has 0 aromatic heterocycles. The van der Waals surface area contributed by atoms with Gasteiger partial charge in [-0.25, -0.2) is 4.79 Å². The predicted octanol–water partition coefficient (Wildman–Crippen LogP) is 2.07. The molecule has 0 N–H and O–H groups in total. The molecule has 0 radical (unpaired) electrons. The Balaban J connectivity index is 2.16.